The second-order valence-corrected chi connectivity index (χ2v) is 10.3. The number of aromatic nitrogens is 1. The van der Waals surface area contributed by atoms with Crippen LogP contribution in [0.3, 0.4) is 0 Å². The van der Waals surface area contributed by atoms with Crippen molar-refractivity contribution in [1.29, 1.82) is 5.41 Å². The number of carbonyl (C=O) groups is 1. The number of benzene rings is 3. The molecule has 1 amide bonds. The summed E-state index contributed by atoms with van der Waals surface area (Å²) in [5.74, 6) is 2.03. The summed E-state index contributed by atoms with van der Waals surface area (Å²) in [7, 11) is 0. The lowest BCUT2D eigenvalue weighted by Gasteiger charge is -2.32. The zero-order valence-corrected chi connectivity index (χ0v) is 22.0. The van der Waals surface area contributed by atoms with Crippen molar-refractivity contribution in [1.82, 2.24) is 9.47 Å². The van der Waals surface area contributed by atoms with E-state index in [1.807, 2.05) is 70.1 Å². The SMILES string of the molecule is N=C(N)c1ccc2cc(C(=O)N3CCC(CCN)CC3)n(Cc3ccc(Oc4ccc(Cl)cc4)cc3)c2c1. The molecule has 1 fully saturated rings. The number of nitrogens with one attached hydrogen (secondary N) is 1. The molecule has 4 aromatic rings. The van der Waals surface area contributed by atoms with Crippen LogP contribution in [0.2, 0.25) is 5.02 Å². The molecule has 0 aliphatic carbocycles. The minimum Gasteiger partial charge on any atom is -0.457 e. The Balaban J connectivity index is 1.42. The number of hydrogen-bond donors (Lipinski definition) is 3. The van der Waals surface area contributed by atoms with Crippen molar-refractivity contribution in [3.63, 3.8) is 0 Å². The number of nitrogens with two attached hydrogens (primary N) is 2. The summed E-state index contributed by atoms with van der Waals surface area (Å²) in [4.78, 5) is 15.7. The first kappa shape index (κ1) is 25.8. The summed E-state index contributed by atoms with van der Waals surface area (Å²) in [5, 5.41) is 9.50. The zero-order valence-electron chi connectivity index (χ0n) is 21.2. The Bertz CT molecular complexity index is 1440. The summed E-state index contributed by atoms with van der Waals surface area (Å²) in [5.41, 5.74) is 14.7. The van der Waals surface area contributed by atoms with Crippen molar-refractivity contribution in [2.75, 3.05) is 19.6 Å². The van der Waals surface area contributed by atoms with E-state index in [1.165, 1.54) is 0 Å². The molecular weight excluding hydrogens is 498 g/mol. The second-order valence-electron chi connectivity index (χ2n) is 9.82. The molecule has 196 valence electrons. The molecule has 7 nitrogen and oxygen atoms in total. The maximum Gasteiger partial charge on any atom is 0.270 e. The molecule has 0 unspecified atom stereocenters. The number of ether oxygens (including phenoxy) is 1. The quantitative estimate of drug-likeness (QED) is 0.203. The van der Waals surface area contributed by atoms with E-state index in [9.17, 15) is 4.79 Å². The minimum atomic E-state index is -0.00166. The number of amides is 1. The standard InChI is InChI=1S/C30H32ClN5O2/c31-24-5-9-26(10-6-24)38-25-7-1-21(2-8-25)19-36-27-18-23(29(33)34)4-3-22(27)17-28(36)30(37)35-15-12-20(11-14-32)13-16-35/h1-10,17-18,20H,11-16,19,32H2,(H3,33,34). The fraction of sp³-hybridized carbons (Fsp3) is 0.267. The third kappa shape index (κ3) is 5.69. The number of hydrogen-bond acceptors (Lipinski definition) is 4. The van der Waals surface area contributed by atoms with E-state index in [-0.39, 0.29) is 11.7 Å². The van der Waals surface area contributed by atoms with Gasteiger partial charge in [-0.05, 0) is 85.8 Å². The first-order valence-corrected chi connectivity index (χ1v) is 13.3. The molecule has 5 N–H and O–H groups in total. The average Bonchev–Trinajstić information content (AvgIpc) is 3.28. The highest BCUT2D eigenvalue weighted by molar-refractivity contribution is 6.30. The molecule has 38 heavy (non-hydrogen) atoms. The van der Waals surface area contributed by atoms with Crippen molar-refractivity contribution in [2.45, 2.75) is 25.8 Å². The van der Waals surface area contributed by atoms with Crippen LogP contribution >= 0.6 is 11.6 Å². The average molecular weight is 530 g/mol. The number of nitrogen functional groups attached to an aromatic ring is 1. The number of likely N-dealkylation sites (tertiary alicyclic amines) is 1. The zero-order chi connectivity index (χ0) is 26.6. The van der Waals surface area contributed by atoms with E-state index < -0.39 is 0 Å². The van der Waals surface area contributed by atoms with Crippen molar-refractivity contribution in [3.05, 3.63) is 94.6 Å². The Morgan fingerprint density at radius 3 is 2.26 bits per heavy atom. The highest BCUT2D eigenvalue weighted by Gasteiger charge is 2.26. The molecule has 1 aliphatic rings. The molecule has 0 bridgehead atoms. The normalized spacial score (nSPS) is 14.1. The van der Waals surface area contributed by atoms with Gasteiger partial charge in [-0.3, -0.25) is 10.2 Å². The fourth-order valence-corrected chi connectivity index (χ4v) is 5.20. The Morgan fingerprint density at radius 1 is 0.974 bits per heavy atom. The van der Waals surface area contributed by atoms with Gasteiger partial charge in [-0.15, -0.1) is 0 Å². The molecule has 0 radical (unpaired) electrons. The van der Waals surface area contributed by atoms with E-state index >= 15 is 0 Å². The number of nitrogens with zero attached hydrogens (tertiary/aromatic N) is 2. The van der Waals surface area contributed by atoms with Gasteiger partial charge in [-0.2, -0.15) is 0 Å². The largest absolute Gasteiger partial charge is 0.457 e. The molecule has 0 spiro atoms. The van der Waals surface area contributed by atoms with E-state index in [4.69, 9.17) is 33.2 Å². The van der Waals surface area contributed by atoms with Gasteiger partial charge >= 0.3 is 0 Å². The van der Waals surface area contributed by atoms with Gasteiger partial charge in [0.25, 0.3) is 5.91 Å². The van der Waals surface area contributed by atoms with Crippen LogP contribution in [0.1, 0.15) is 40.9 Å². The third-order valence-electron chi connectivity index (χ3n) is 7.22. The summed E-state index contributed by atoms with van der Waals surface area (Å²) < 4.78 is 7.96. The number of rotatable bonds is 8. The van der Waals surface area contributed by atoms with Gasteiger partial charge in [-0.25, -0.2) is 0 Å². The molecule has 0 atom stereocenters. The number of halogens is 1. The molecule has 2 heterocycles. The Kier molecular flexibility index (Phi) is 7.67. The summed E-state index contributed by atoms with van der Waals surface area (Å²) >= 11 is 5.97. The molecule has 8 heteroatoms. The van der Waals surface area contributed by atoms with Crippen LogP contribution in [-0.2, 0) is 6.54 Å². The third-order valence-corrected chi connectivity index (χ3v) is 7.48. The highest BCUT2D eigenvalue weighted by Crippen LogP contribution is 2.28. The van der Waals surface area contributed by atoms with E-state index in [1.54, 1.807) is 12.1 Å². The van der Waals surface area contributed by atoms with Crippen molar-refractivity contribution in [2.24, 2.45) is 17.4 Å². The topological polar surface area (TPSA) is 110 Å². The molecule has 3 aromatic carbocycles. The van der Waals surface area contributed by atoms with Gasteiger partial charge in [-0.1, -0.05) is 35.9 Å². The van der Waals surface area contributed by atoms with Crippen molar-refractivity contribution >= 4 is 34.2 Å². The van der Waals surface area contributed by atoms with Crippen LogP contribution in [0.15, 0.2) is 72.8 Å². The van der Waals surface area contributed by atoms with Crippen molar-refractivity contribution in [3.8, 4) is 11.5 Å². The predicted molar refractivity (Wildman–Crippen MR) is 152 cm³/mol. The molecular formula is C30H32ClN5O2. The van der Waals surface area contributed by atoms with Gasteiger partial charge < -0.3 is 25.7 Å². The van der Waals surface area contributed by atoms with Crippen LogP contribution in [0.4, 0.5) is 0 Å². The van der Waals surface area contributed by atoms with Crippen LogP contribution in [-0.4, -0.2) is 40.8 Å². The van der Waals surface area contributed by atoms with Gasteiger partial charge in [0.1, 0.15) is 23.0 Å². The fourth-order valence-electron chi connectivity index (χ4n) is 5.08. The number of fused-ring (bicyclic) bond motifs is 1. The maximum atomic E-state index is 13.7. The number of piperidine rings is 1. The smallest absolute Gasteiger partial charge is 0.270 e. The lowest BCUT2D eigenvalue weighted by molar-refractivity contribution is 0.0678. The van der Waals surface area contributed by atoms with Crippen molar-refractivity contribution < 1.29 is 9.53 Å². The number of carbonyl (C=O) groups excluding carboxylic acids is 1. The molecule has 0 saturated carbocycles. The monoisotopic (exact) mass is 529 g/mol. The highest BCUT2D eigenvalue weighted by atomic mass is 35.5. The Hall–Kier alpha value is -3.81. The number of amidine groups is 1. The van der Waals surface area contributed by atoms with E-state index in [0.717, 1.165) is 48.8 Å². The lowest BCUT2D eigenvalue weighted by atomic mass is 9.93. The maximum absolute atomic E-state index is 13.7. The summed E-state index contributed by atoms with van der Waals surface area (Å²) in [6.07, 6.45) is 2.97. The molecule has 1 aliphatic heterocycles. The lowest BCUT2D eigenvalue weighted by Crippen LogP contribution is -2.39. The summed E-state index contributed by atoms with van der Waals surface area (Å²) in [6, 6.07) is 22.6. The first-order valence-electron chi connectivity index (χ1n) is 12.9. The van der Waals surface area contributed by atoms with E-state index in [2.05, 4.69) is 0 Å². The Labute approximate surface area is 227 Å². The summed E-state index contributed by atoms with van der Waals surface area (Å²) in [6.45, 7) is 2.66. The van der Waals surface area contributed by atoms with Crippen LogP contribution < -0.4 is 16.2 Å². The minimum absolute atomic E-state index is 0.00166. The van der Waals surface area contributed by atoms with Crippen LogP contribution in [0.25, 0.3) is 10.9 Å². The van der Waals surface area contributed by atoms with Gasteiger partial charge in [0.2, 0.25) is 0 Å². The van der Waals surface area contributed by atoms with Gasteiger partial charge in [0.05, 0.1) is 0 Å². The molecule has 1 aromatic heterocycles. The second kappa shape index (κ2) is 11.3. The molecule has 5 rings (SSSR count). The van der Waals surface area contributed by atoms with Gasteiger partial charge in [0, 0.05) is 41.1 Å². The van der Waals surface area contributed by atoms with E-state index in [0.29, 0.717) is 46.8 Å². The van der Waals surface area contributed by atoms with Gasteiger partial charge in [0.15, 0.2) is 0 Å². The first-order chi connectivity index (χ1) is 18.4. The van der Waals surface area contributed by atoms with Crippen LogP contribution in [0, 0.1) is 11.3 Å². The Morgan fingerprint density at radius 2 is 1.63 bits per heavy atom. The molecule has 1 saturated heterocycles. The predicted octanol–water partition coefficient (Wildman–Crippen LogP) is 5.62. The van der Waals surface area contributed by atoms with Crippen LogP contribution in [0.5, 0.6) is 11.5 Å².